The standard InChI is InChI=1S/C9H6ClF3O3/c10-7-3-6(4-15-5-14)1-2-8(7)16-9(11,12)13/h1-3,5H,4H2. The van der Waals surface area contributed by atoms with E-state index in [2.05, 4.69) is 9.47 Å². The van der Waals surface area contributed by atoms with Gasteiger partial charge in [0.1, 0.15) is 12.4 Å². The zero-order chi connectivity index (χ0) is 12.2. The molecular weight excluding hydrogens is 249 g/mol. The first kappa shape index (κ1) is 12.6. The molecule has 16 heavy (non-hydrogen) atoms. The minimum Gasteiger partial charge on any atom is -0.463 e. The van der Waals surface area contributed by atoms with Crippen molar-refractivity contribution in [2.24, 2.45) is 0 Å². The third kappa shape index (κ3) is 3.98. The Morgan fingerprint density at radius 1 is 1.38 bits per heavy atom. The van der Waals surface area contributed by atoms with Gasteiger partial charge in [-0.05, 0) is 17.7 Å². The number of carbonyl (C=O) groups is 1. The molecule has 0 aliphatic heterocycles. The predicted octanol–water partition coefficient (Wildman–Crippen LogP) is 2.91. The molecule has 1 rings (SSSR count). The van der Waals surface area contributed by atoms with Gasteiger partial charge in [-0.3, -0.25) is 4.79 Å². The Bertz CT molecular complexity index is 379. The van der Waals surface area contributed by atoms with Crippen molar-refractivity contribution in [2.75, 3.05) is 0 Å². The van der Waals surface area contributed by atoms with Gasteiger partial charge in [-0.1, -0.05) is 17.7 Å². The summed E-state index contributed by atoms with van der Waals surface area (Å²) < 4.78 is 43.7. The van der Waals surface area contributed by atoms with Gasteiger partial charge in [-0.2, -0.15) is 0 Å². The number of hydrogen-bond donors (Lipinski definition) is 0. The number of alkyl halides is 3. The molecule has 0 fully saturated rings. The molecule has 0 unspecified atom stereocenters. The van der Waals surface area contributed by atoms with Crippen molar-refractivity contribution >= 4 is 18.1 Å². The van der Waals surface area contributed by atoms with Crippen LogP contribution in [0.5, 0.6) is 5.75 Å². The van der Waals surface area contributed by atoms with Crippen LogP contribution in [0.4, 0.5) is 13.2 Å². The molecule has 0 saturated carbocycles. The fourth-order valence-electron chi connectivity index (χ4n) is 0.972. The molecule has 1 aromatic rings. The lowest BCUT2D eigenvalue weighted by Gasteiger charge is -2.10. The summed E-state index contributed by atoms with van der Waals surface area (Å²) in [6.07, 6.45) is -4.79. The average molecular weight is 255 g/mol. The molecule has 1 aromatic carbocycles. The fourth-order valence-corrected chi connectivity index (χ4v) is 1.21. The van der Waals surface area contributed by atoms with Crippen molar-refractivity contribution in [3.8, 4) is 5.75 Å². The van der Waals surface area contributed by atoms with Crippen molar-refractivity contribution in [3.05, 3.63) is 28.8 Å². The third-order valence-corrected chi connectivity index (χ3v) is 1.84. The minimum atomic E-state index is -4.79. The summed E-state index contributed by atoms with van der Waals surface area (Å²) in [6, 6.07) is 3.60. The van der Waals surface area contributed by atoms with Crippen molar-refractivity contribution in [1.82, 2.24) is 0 Å². The van der Waals surface area contributed by atoms with Gasteiger partial charge in [-0.25, -0.2) is 0 Å². The number of benzene rings is 1. The molecule has 0 radical (unpaired) electrons. The largest absolute Gasteiger partial charge is 0.573 e. The van der Waals surface area contributed by atoms with Crippen LogP contribution in [0.25, 0.3) is 0 Å². The van der Waals surface area contributed by atoms with E-state index >= 15 is 0 Å². The lowest BCUT2D eigenvalue weighted by atomic mass is 10.2. The first-order valence-electron chi connectivity index (χ1n) is 4.02. The molecule has 0 aromatic heterocycles. The molecule has 0 saturated heterocycles. The molecule has 0 atom stereocenters. The maximum absolute atomic E-state index is 11.9. The molecule has 3 nitrogen and oxygen atoms in total. The van der Waals surface area contributed by atoms with Gasteiger partial charge < -0.3 is 9.47 Å². The predicted molar refractivity (Wildman–Crippen MR) is 49.0 cm³/mol. The molecule has 0 amide bonds. The Morgan fingerprint density at radius 3 is 2.56 bits per heavy atom. The highest BCUT2D eigenvalue weighted by molar-refractivity contribution is 6.32. The van der Waals surface area contributed by atoms with Crippen LogP contribution in [0.2, 0.25) is 5.02 Å². The maximum atomic E-state index is 11.9. The second kappa shape index (κ2) is 5.07. The van der Waals surface area contributed by atoms with E-state index in [9.17, 15) is 18.0 Å². The number of ether oxygens (including phenoxy) is 2. The lowest BCUT2D eigenvalue weighted by molar-refractivity contribution is -0.274. The van der Waals surface area contributed by atoms with Gasteiger partial charge in [0.25, 0.3) is 6.47 Å². The molecule has 0 bridgehead atoms. The van der Waals surface area contributed by atoms with E-state index in [0.717, 1.165) is 6.07 Å². The Balaban J connectivity index is 2.79. The quantitative estimate of drug-likeness (QED) is 0.775. The van der Waals surface area contributed by atoms with Gasteiger partial charge in [0.05, 0.1) is 5.02 Å². The third-order valence-electron chi connectivity index (χ3n) is 1.54. The van der Waals surface area contributed by atoms with Crippen LogP contribution < -0.4 is 4.74 Å². The summed E-state index contributed by atoms with van der Waals surface area (Å²) >= 11 is 5.55. The zero-order valence-electron chi connectivity index (χ0n) is 7.75. The highest BCUT2D eigenvalue weighted by Gasteiger charge is 2.31. The van der Waals surface area contributed by atoms with Gasteiger partial charge in [-0.15, -0.1) is 13.2 Å². The normalized spacial score (nSPS) is 11.0. The SMILES string of the molecule is O=COCc1ccc(OC(F)(F)F)c(Cl)c1. The van der Waals surface area contributed by atoms with Crippen molar-refractivity contribution in [2.45, 2.75) is 13.0 Å². The average Bonchev–Trinajstić information content (AvgIpc) is 2.17. The Morgan fingerprint density at radius 2 is 2.06 bits per heavy atom. The van der Waals surface area contributed by atoms with Crippen LogP contribution >= 0.6 is 11.6 Å². The van der Waals surface area contributed by atoms with E-state index in [1.54, 1.807) is 0 Å². The maximum Gasteiger partial charge on any atom is 0.573 e. The molecule has 0 N–H and O–H groups in total. The first-order valence-corrected chi connectivity index (χ1v) is 4.39. The summed E-state index contributed by atoms with van der Waals surface area (Å²) in [4.78, 5) is 9.89. The van der Waals surface area contributed by atoms with Crippen LogP contribution in [0.3, 0.4) is 0 Å². The number of carbonyl (C=O) groups excluding carboxylic acids is 1. The number of halogens is 4. The minimum absolute atomic E-state index is 0.0600. The van der Waals surface area contributed by atoms with Crippen LogP contribution in [0, 0.1) is 0 Å². The van der Waals surface area contributed by atoms with E-state index in [4.69, 9.17) is 11.6 Å². The van der Waals surface area contributed by atoms with Gasteiger partial charge >= 0.3 is 6.36 Å². The Labute approximate surface area is 93.7 Å². The molecule has 88 valence electrons. The number of hydrogen-bond acceptors (Lipinski definition) is 3. The Kier molecular flexibility index (Phi) is 4.00. The van der Waals surface area contributed by atoms with Crippen LogP contribution in [-0.2, 0) is 16.1 Å². The Hall–Kier alpha value is -1.43. The van der Waals surface area contributed by atoms with Gasteiger partial charge in [0.2, 0.25) is 0 Å². The summed E-state index contributed by atoms with van der Waals surface area (Å²) in [6.45, 7) is 0.170. The molecular formula is C9H6ClF3O3. The molecule has 0 heterocycles. The highest BCUT2D eigenvalue weighted by atomic mass is 35.5. The van der Waals surface area contributed by atoms with E-state index in [0.29, 0.717) is 5.56 Å². The molecule has 0 aliphatic carbocycles. The van der Waals surface area contributed by atoms with E-state index < -0.39 is 12.1 Å². The van der Waals surface area contributed by atoms with Gasteiger partial charge in [0, 0.05) is 0 Å². The molecule has 7 heteroatoms. The van der Waals surface area contributed by atoms with Crippen LogP contribution in [0.1, 0.15) is 5.56 Å². The summed E-state index contributed by atoms with van der Waals surface area (Å²) in [5, 5.41) is -0.204. The van der Waals surface area contributed by atoms with E-state index in [-0.39, 0.29) is 18.1 Å². The molecule has 0 aliphatic rings. The van der Waals surface area contributed by atoms with E-state index in [1.165, 1.54) is 12.1 Å². The first-order chi connectivity index (χ1) is 7.42. The lowest BCUT2D eigenvalue weighted by Crippen LogP contribution is -2.17. The summed E-state index contributed by atoms with van der Waals surface area (Å²) in [5.41, 5.74) is 0.464. The topological polar surface area (TPSA) is 35.5 Å². The zero-order valence-corrected chi connectivity index (χ0v) is 8.51. The molecule has 0 spiro atoms. The fraction of sp³-hybridized carbons (Fsp3) is 0.222. The smallest absolute Gasteiger partial charge is 0.463 e. The second-order valence-corrected chi connectivity index (χ2v) is 3.13. The van der Waals surface area contributed by atoms with Crippen molar-refractivity contribution < 1.29 is 27.4 Å². The monoisotopic (exact) mass is 254 g/mol. The summed E-state index contributed by atoms with van der Waals surface area (Å²) in [7, 11) is 0. The van der Waals surface area contributed by atoms with Crippen LogP contribution in [0.15, 0.2) is 18.2 Å². The second-order valence-electron chi connectivity index (χ2n) is 2.72. The highest BCUT2D eigenvalue weighted by Crippen LogP contribution is 2.30. The van der Waals surface area contributed by atoms with Crippen molar-refractivity contribution in [3.63, 3.8) is 0 Å². The van der Waals surface area contributed by atoms with Crippen molar-refractivity contribution in [1.29, 1.82) is 0 Å². The summed E-state index contributed by atoms with van der Waals surface area (Å²) in [5.74, 6) is -0.496. The number of rotatable bonds is 4. The van der Waals surface area contributed by atoms with E-state index in [1.807, 2.05) is 0 Å². The van der Waals surface area contributed by atoms with Crippen LogP contribution in [-0.4, -0.2) is 12.8 Å². The van der Waals surface area contributed by atoms with Gasteiger partial charge in [0.15, 0.2) is 0 Å².